The molecule has 4 nitrogen and oxygen atoms in total. The third kappa shape index (κ3) is 5.60. The molecule has 0 bridgehead atoms. The molecule has 0 radical (unpaired) electrons. The van der Waals surface area contributed by atoms with Gasteiger partial charge in [-0.25, -0.2) is 4.79 Å². The summed E-state index contributed by atoms with van der Waals surface area (Å²) < 4.78 is 6.52. The van der Waals surface area contributed by atoms with Gasteiger partial charge in [-0.2, -0.15) is 0 Å². The van der Waals surface area contributed by atoms with E-state index in [-0.39, 0.29) is 12.8 Å². The number of halogens is 1. The molecule has 2 aromatic rings. The molecule has 2 aromatic carbocycles. The highest BCUT2D eigenvalue weighted by molar-refractivity contribution is 9.10. The van der Waals surface area contributed by atoms with Gasteiger partial charge in [0, 0.05) is 10.2 Å². The topological polar surface area (TPSA) is 50.4 Å². The number of urea groups is 1. The van der Waals surface area contributed by atoms with Crippen molar-refractivity contribution in [1.82, 2.24) is 5.32 Å². The second-order valence-corrected chi connectivity index (χ2v) is 6.13. The zero-order valence-corrected chi connectivity index (χ0v) is 14.9. The molecular weight excluding hydrogens is 356 g/mol. The Labute approximate surface area is 145 Å². The predicted octanol–water partition coefficient (Wildman–Crippen LogP) is 4.87. The molecule has 0 aromatic heterocycles. The second-order valence-electron chi connectivity index (χ2n) is 5.28. The molecular formula is C18H21BrN2O2. The summed E-state index contributed by atoms with van der Waals surface area (Å²) in [6.07, 6.45) is 2.19. The highest BCUT2D eigenvalue weighted by atomic mass is 79.9. The number of ether oxygens (including phenoxy) is 1. The van der Waals surface area contributed by atoms with Gasteiger partial charge in [0.15, 0.2) is 6.73 Å². The first-order valence-electron chi connectivity index (χ1n) is 7.61. The van der Waals surface area contributed by atoms with E-state index in [2.05, 4.69) is 33.5 Å². The maximum absolute atomic E-state index is 11.8. The Morgan fingerprint density at radius 1 is 1.17 bits per heavy atom. The Balaban J connectivity index is 1.76. The molecule has 0 aliphatic heterocycles. The van der Waals surface area contributed by atoms with Crippen LogP contribution in [0.4, 0.5) is 10.5 Å². The number of hydrogen-bond donors (Lipinski definition) is 2. The molecule has 0 unspecified atom stereocenters. The van der Waals surface area contributed by atoms with Gasteiger partial charge in [-0.05, 0) is 54.8 Å². The van der Waals surface area contributed by atoms with Gasteiger partial charge < -0.3 is 15.4 Å². The maximum Gasteiger partial charge on any atom is 0.321 e. The molecule has 2 N–H and O–H groups in total. The smallest absolute Gasteiger partial charge is 0.321 e. The Hall–Kier alpha value is -2.01. The molecule has 122 valence electrons. The van der Waals surface area contributed by atoms with Crippen LogP contribution in [0.2, 0.25) is 0 Å². The standard InChI is InChI=1S/C18H21BrN2O2/c1-3-4-14-5-8-16(9-6-14)23-12-20-18(22)21-15-7-10-17(19)13(2)11-15/h5-11H,3-4,12H2,1-2H3,(H2,20,21,22). The minimum atomic E-state index is -0.297. The molecule has 0 aliphatic rings. The number of benzene rings is 2. The monoisotopic (exact) mass is 376 g/mol. The summed E-state index contributed by atoms with van der Waals surface area (Å²) in [4.78, 5) is 11.8. The van der Waals surface area contributed by atoms with Gasteiger partial charge in [-0.15, -0.1) is 0 Å². The largest absolute Gasteiger partial charge is 0.473 e. The Kier molecular flexibility index (Phi) is 6.47. The van der Waals surface area contributed by atoms with Gasteiger partial charge in [-0.1, -0.05) is 41.4 Å². The molecule has 0 saturated heterocycles. The van der Waals surface area contributed by atoms with Crippen molar-refractivity contribution in [2.45, 2.75) is 26.7 Å². The van der Waals surface area contributed by atoms with Crippen LogP contribution in [0.5, 0.6) is 5.75 Å². The van der Waals surface area contributed by atoms with Crippen LogP contribution in [0, 0.1) is 6.92 Å². The van der Waals surface area contributed by atoms with E-state index >= 15 is 0 Å². The Morgan fingerprint density at radius 3 is 2.57 bits per heavy atom. The lowest BCUT2D eigenvalue weighted by Gasteiger charge is -2.10. The van der Waals surface area contributed by atoms with Crippen LogP contribution in [-0.2, 0) is 6.42 Å². The van der Waals surface area contributed by atoms with E-state index in [1.165, 1.54) is 5.56 Å². The molecule has 23 heavy (non-hydrogen) atoms. The molecule has 5 heteroatoms. The molecule has 0 atom stereocenters. The van der Waals surface area contributed by atoms with Crippen LogP contribution in [0.25, 0.3) is 0 Å². The van der Waals surface area contributed by atoms with Crippen LogP contribution in [0.1, 0.15) is 24.5 Å². The second kappa shape index (κ2) is 8.58. The van der Waals surface area contributed by atoms with Crippen molar-refractivity contribution in [2.75, 3.05) is 12.0 Å². The highest BCUT2D eigenvalue weighted by Crippen LogP contribution is 2.19. The van der Waals surface area contributed by atoms with Crippen LogP contribution < -0.4 is 15.4 Å². The van der Waals surface area contributed by atoms with Crippen molar-refractivity contribution in [3.05, 3.63) is 58.1 Å². The number of rotatable bonds is 6. The van der Waals surface area contributed by atoms with Gasteiger partial charge in [0.05, 0.1) is 0 Å². The molecule has 0 saturated carbocycles. The number of anilines is 1. The summed E-state index contributed by atoms with van der Waals surface area (Å²) in [5.74, 6) is 0.740. The van der Waals surface area contributed by atoms with Gasteiger partial charge in [-0.3, -0.25) is 0 Å². The first kappa shape index (κ1) is 17.3. The van der Waals surface area contributed by atoms with Crippen LogP contribution in [0.3, 0.4) is 0 Å². The first-order chi connectivity index (χ1) is 11.1. The predicted molar refractivity (Wildman–Crippen MR) is 97.0 cm³/mol. The average molecular weight is 377 g/mol. The average Bonchev–Trinajstić information content (AvgIpc) is 2.53. The zero-order valence-electron chi connectivity index (χ0n) is 13.4. The number of carbonyl (C=O) groups is 1. The van der Waals surface area contributed by atoms with E-state index in [0.717, 1.165) is 34.3 Å². The quantitative estimate of drug-likeness (QED) is 0.706. The van der Waals surface area contributed by atoms with E-state index in [9.17, 15) is 4.79 Å². The van der Waals surface area contributed by atoms with Crippen molar-refractivity contribution >= 4 is 27.6 Å². The molecule has 2 amide bonds. The zero-order chi connectivity index (χ0) is 16.7. The van der Waals surface area contributed by atoms with E-state index in [1.807, 2.05) is 49.4 Å². The van der Waals surface area contributed by atoms with Crippen molar-refractivity contribution in [1.29, 1.82) is 0 Å². The third-order valence-electron chi connectivity index (χ3n) is 3.35. The molecule has 0 aliphatic carbocycles. The summed E-state index contributed by atoms with van der Waals surface area (Å²) in [6.45, 7) is 4.24. The van der Waals surface area contributed by atoms with Gasteiger partial charge >= 0.3 is 6.03 Å². The summed E-state index contributed by atoms with van der Waals surface area (Å²) in [5, 5.41) is 5.44. The lowest BCUT2D eigenvalue weighted by atomic mass is 10.1. The molecule has 0 spiro atoms. The maximum atomic E-state index is 11.8. The molecule has 0 heterocycles. The minimum absolute atomic E-state index is 0.120. The molecule has 2 rings (SSSR count). The van der Waals surface area contributed by atoms with Gasteiger partial charge in [0.1, 0.15) is 5.75 Å². The molecule has 0 fully saturated rings. The summed E-state index contributed by atoms with van der Waals surface area (Å²) in [5.41, 5.74) is 3.09. The SMILES string of the molecule is CCCc1ccc(OCNC(=O)Nc2ccc(Br)c(C)c2)cc1. The van der Waals surface area contributed by atoms with Crippen molar-refractivity contribution in [3.63, 3.8) is 0 Å². The fourth-order valence-corrected chi connectivity index (χ4v) is 2.37. The van der Waals surface area contributed by atoms with Crippen LogP contribution >= 0.6 is 15.9 Å². The fourth-order valence-electron chi connectivity index (χ4n) is 2.12. The lowest BCUT2D eigenvalue weighted by Crippen LogP contribution is -2.32. The van der Waals surface area contributed by atoms with E-state index in [4.69, 9.17) is 4.74 Å². The normalized spacial score (nSPS) is 10.2. The van der Waals surface area contributed by atoms with Crippen LogP contribution in [-0.4, -0.2) is 12.8 Å². The lowest BCUT2D eigenvalue weighted by molar-refractivity contribution is 0.234. The summed E-state index contributed by atoms with van der Waals surface area (Å²) in [6, 6.07) is 13.3. The van der Waals surface area contributed by atoms with Gasteiger partial charge in [0.2, 0.25) is 0 Å². The number of hydrogen-bond acceptors (Lipinski definition) is 2. The summed E-state index contributed by atoms with van der Waals surface area (Å²) >= 11 is 3.43. The van der Waals surface area contributed by atoms with Gasteiger partial charge in [0.25, 0.3) is 0 Å². The van der Waals surface area contributed by atoms with E-state index in [1.54, 1.807) is 0 Å². The number of aryl methyl sites for hydroxylation is 2. The summed E-state index contributed by atoms with van der Waals surface area (Å²) in [7, 11) is 0. The minimum Gasteiger partial charge on any atom is -0.473 e. The van der Waals surface area contributed by atoms with Crippen molar-refractivity contribution in [3.8, 4) is 5.75 Å². The highest BCUT2D eigenvalue weighted by Gasteiger charge is 2.03. The number of amides is 2. The van der Waals surface area contributed by atoms with E-state index < -0.39 is 0 Å². The first-order valence-corrected chi connectivity index (χ1v) is 8.40. The fraction of sp³-hybridized carbons (Fsp3) is 0.278. The van der Waals surface area contributed by atoms with Crippen molar-refractivity contribution in [2.24, 2.45) is 0 Å². The Morgan fingerprint density at radius 2 is 1.91 bits per heavy atom. The third-order valence-corrected chi connectivity index (χ3v) is 4.24. The van der Waals surface area contributed by atoms with Crippen molar-refractivity contribution < 1.29 is 9.53 Å². The number of nitrogens with one attached hydrogen (secondary N) is 2. The van der Waals surface area contributed by atoms with Crippen LogP contribution in [0.15, 0.2) is 46.9 Å². The number of carbonyl (C=O) groups excluding carboxylic acids is 1. The Bertz CT molecular complexity index is 657. The van der Waals surface area contributed by atoms with E-state index in [0.29, 0.717) is 0 Å².